The van der Waals surface area contributed by atoms with E-state index in [4.69, 9.17) is 29.6 Å². The molecule has 2 aromatic carbocycles. The zero-order valence-electron chi connectivity index (χ0n) is 11.6. The molecule has 0 heterocycles. The lowest BCUT2D eigenvalue weighted by atomic mass is 10.2. The normalized spacial score (nSPS) is 9.96. The fourth-order valence-electron chi connectivity index (χ4n) is 1.77. The molecular formula is C14H11ClN4O3S. The van der Waals surface area contributed by atoms with Crippen LogP contribution < -0.4 is 16.2 Å². The molecule has 0 aliphatic carbocycles. The van der Waals surface area contributed by atoms with E-state index in [0.717, 1.165) is 0 Å². The number of halogens is 1. The lowest BCUT2D eigenvalue weighted by Crippen LogP contribution is -2.49. The van der Waals surface area contributed by atoms with Gasteiger partial charge in [0.05, 0.1) is 15.6 Å². The summed E-state index contributed by atoms with van der Waals surface area (Å²) in [6.45, 7) is 0. The Kier molecular flexibility index (Phi) is 5.09. The molecule has 0 saturated heterocycles. The molecule has 0 fully saturated rings. The lowest BCUT2D eigenvalue weighted by Gasteiger charge is -2.24. The van der Waals surface area contributed by atoms with E-state index in [1.165, 1.54) is 29.3 Å². The molecule has 0 radical (unpaired) electrons. The van der Waals surface area contributed by atoms with E-state index >= 15 is 0 Å². The molecule has 0 unspecified atom stereocenters. The predicted molar refractivity (Wildman–Crippen MR) is 91.3 cm³/mol. The number of amides is 1. The van der Waals surface area contributed by atoms with Gasteiger partial charge in [0.15, 0.2) is 5.11 Å². The maximum absolute atomic E-state index is 12.2. The van der Waals surface area contributed by atoms with Gasteiger partial charge >= 0.3 is 0 Å². The summed E-state index contributed by atoms with van der Waals surface area (Å²) in [7, 11) is 0. The van der Waals surface area contributed by atoms with Crippen molar-refractivity contribution in [1.82, 2.24) is 5.43 Å². The number of nitro groups is 1. The Bertz CT molecular complexity index is 767. The van der Waals surface area contributed by atoms with Gasteiger partial charge in [-0.2, -0.15) is 0 Å². The molecule has 7 nitrogen and oxygen atoms in total. The maximum Gasteiger partial charge on any atom is 0.270 e. The summed E-state index contributed by atoms with van der Waals surface area (Å²) < 4.78 is 0. The molecule has 0 aliphatic rings. The van der Waals surface area contributed by atoms with Gasteiger partial charge in [-0.1, -0.05) is 23.7 Å². The van der Waals surface area contributed by atoms with E-state index < -0.39 is 10.8 Å². The molecule has 118 valence electrons. The van der Waals surface area contributed by atoms with Crippen LogP contribution in [-0.2, 0) is 0 Å². The van der Waals surface area contributed by atoms with Crippen LogP contribution in [0, 0.1) is 10.1 Å². The third-order valence-corrected chi connectivity index (χ3v) is 3.37. The standard InChI is InChI=1S/C14H11ClN4O3S/c15-11-3-1-2-4-12(11)18(14(16)23)17-13(20)9-5-7-10(8-6-9)19(21)22/h1-8H,(H2,16,23)(H,17,20). The van der Waals surface area contributed by atoms with Crippen molar-refractivity contribution in [3.8, 4) is 0 Å². The van der Waals surface area contributed by atoms with Gasteiger partial charge in [0, 0.05) is 17.7 Å². The number of benzene rings is 2. The van der Waals surface area contributed by atoms with E-state index in [9.17, 15) is 14.9 Å². The van der Waals surface area contributed by atoms with Crippen LogP contribution in [0.25, 0.3) is 0 Å². The van der Waals surface area contributed by atoms with Crippen LogP contribution in [0.5, 0.6) is 0 Å². The highest BCUT2D eigenvalue weighted by atomic mass is 35.5. The molecule has 2 rings (SSSR count). The predicted octanol–water partition coefficient (Wildman–Crippen LogP) is 2.64. The highest BCUT2D eigenvalue weighted by Gasteiger charge is 2.17. The molecule has 0 aromatic heterocycles. The molecular weight excluding hydrogens is 340 g/mol. The van der Waals surface area contributed by atoms with Gasteiger partial charge in [-0.3, -0.25) is 20.3 Å². The number of para-hydroxylation sites is 1. The van der Waals surface area contributed by atoms with Crippen LogP contribution in [-0.4, -0.2) is 15.9 Å². The highest BCUT2D eigenvalue weighted by molar-refractivity contribution is 7.80. The molecule has 0 saturated carbocycles. The van der Waals surface area contributed by atoms with Crippen LogP contribution in [0.2, 0.25) is 5.02 Å². The third-order valence-electron chi connectivity index (χ3n) is 2.87. The molecule has 9 heteroatoms. The molecule has 2 aromatic rings. The lowest BCUT2D eigenvalue weighted by molar-refractivity contribution is -0.384. The summed E-state index contributed by atoms with van der Waals surface area (Å²) in [5.74, 6) is -0.535. The fraction of sp³-hybridized carbons (Fsp3) is 0. The van der Waals surface area contributed by atoms with Gasteiger partial charge < -0.3 is 5.73 Å². The Morgan fingerprint density at radius 1 is 1.22 bits per heavy atom. The van der Waals surface area contributed by atoms with Crippen LogP contribution in [0.1, 0.15) is 10.4 Å². The van der Waals surface area contributed by atoms with Gasteiger partial charge in [-0.05, 0) is 36.5 Å². The molecule has 1 amide bonds. The van der Waals surface area contributed by atoms with Crippen molar-refractivity contribution in [2.75, 3.05) is 5.01 Å². The van der Waals surface area contributed by atoms with E-state index in [1.54, 1.807) is 24.3 Å². The Labute approximate surface area is 141 Å². The second-order valence-corrected chi connectivity index (χ2v) is 5.20. The smallest absolute Gasteiger partial charge is 0.270 e. The van der Waals surface area contributed by atoms with Crippen LogP contribution in [0.4, 0.5) is 11.4 Å². The second kappa shape index (κ2) is 7.03. The van der Waals surface area contributed by atoms with Crippen LogP contribution in [0.15, 0.2) is 48.5 Å². The van der Waals surface area contributed by atoms with Gasteiger partial charge in [-0.15, -0.1) is 0 Å². The molecule has 0 bridgehead atoms. The number of hydrazine groups is 1. The summed E-state index contributed by atoms with van der Waals surface area (Å²) in [4.78, 5) is 22.3. The fourth-order valence-corrected chi connectivity index (χ4v) is 2.13. The number of nitrogens with two attached hydrogens (primary N) is 1. The maximum atomic E-state index is 12.2. The quantitative estimate of drug-likeness (QED) is 0.501. The first-order valence-corrected chi connectivity index (χ1v) is 7.08. The Morgan fingerprint density at radius 3 is 2.35 bits per heavy atom. The number of carbonyl (C=O) groups is 1. The highest BCUT2D eigenvalue weighted by Crippen LogP contribution is 2.24. The van der Waals surface area contributed by atoms with Crippen molar-refractivity contribution >= 4 is 46.2 Å². The van der Waals surface area contributed by atoms with Gasteiger partial charge in [0.2, 0.25) is 0 Å². The third kappa shape index (κ3) is 3.93. The number of hydrogen-bond donors (Lipinski definition) is 2. The van der Waals surface area contributed by atoms with Crippen molar-refractivity contribution in [3.63, 3.8) is 0 Å². The number of non-ortho nitro benzene ring substituents is 1. The summed E-state index contributed by atoms with van der Waals surface area (Å²) in [5, 5.41) is 12.0. The summed E-state index contributed by atoms with van der Waals surface area (Å²) in [5.41, 5.74) is 8.65. The Morgan fingerprint density at radius 2 is 1.83 bits per heavy atom. The number of thiocarbonyl (C=S) groups is 1. The average molecular weight is 351 g/mol. The summed E-state index contributed by atoms with van der Waals surface area (Å²) in [6.07, 6.45) is 0. The minimum absolute atomic E-state index is 0.103. The number of carbonyl (C=O) groups excluding carboxylic acids is 1. The van der Waals surface area contributed by atoms with Crippen molar-refractivity contribution in [1.29, 1.82) is 0 Å². The SMILES string of the molecule is NC(=S)N(NC(=O)c1ccc([N+](=O)[O-])cc1)c1ccccc1Cl. The van der Waals surface area contributed by atoms with Crippen molar-refractivity contribution in [2.24, 2.45) is 5.73 Å². The number of nitrogens with one attached hydrogen (secondary N) is 1. The minimum atomic E-state index is -0.549. The molecule has 23 heavy (non-hydrogen) atoms. The Balaban J connectivity index is 2.23. The van der Waals surface area contributed by atoms with Gasteiger partial charge in [0.25, 0.3) is 11.6 Å². The number of rotatable bonds is 3. The first-order chi connectivity index (χ1) is 10.9. The molecule has 0 aliphatic heterocycles. The van der Waals surface area contributed by atoms with Crippen molar-refractivity contribution in [2.45, 2.75) is 0 Å². The van der Waals surface area contributed by atoms with E-state index in [1.807, 2.05) is 0 Å². The van der Waals surface area contributed by atoms with Crippen molar-refractivity contribution < 1.29 is 9.72 Å². The van der Waals surface area contributed by atoms with Crippen LogP contribution >= 0.6 is 23.8 Å². The zero-order valence-corrected chi connectivity index (χ0v) is 13.2. The Hall–Kier alpha value is -2.71. The average Bonchev–Trinajstić information content (AvgIpc) is 2.53. The number of nitro benzene ring substituents is 1. The van der Waals surface area contributed by atoms with E-state index in [0.29, 0.717) is 10.7 Å². The van der Waals surface area contributed by atoms with E-state index in [-0.39, 0.29) is 16.4 Å². The van der Waals surface area contributed by atoms with E-state index in [2.05, 4.69) is 5.43 Å². The zero-order chi connectivity index (χ0) is 17.0. The topological polar surface area (TPSA) is 102 Å². The van der Waals surface area contributed by atoms with Crippen LogP contribution in [0.3, 0.4) is 0 Å². The summed E-state index contributed by atoms with van der Waals surface area (Å²) >= 11 is 11.0. The minimum Gasteiger partial charge on any atom is -0.374 e. The first-order valence-electron chi connectivity index (χ1n) is 6.29. The molecule has 0 atom stereocenters. The van der Waals surface area contributed by atoms with Gasteiger partial charge in [0.1, 0.15) is 0 Å². The van der Waals surface area contributed by atoms with Crippen molar-refractivity contribution in [3.05, 3.63) is 69.2 Å². The first kappa shape index (κ1) is 16.7. The largest absolute Gasteiger partial charge is 0.374 e. The number of nitrogens with zero attached hydrogens (tertiary/aromatic N) is 2. The number of anilines is 1. The summed E-state index contributed by atoms with van der Waals surface area (Å²) in [6, 6.07) is 11.8. The number of hydrogen-bond acceptors (Lipinski definition) is 4. The molecule has 3 N–H and O–H groups in total. The molecule has 0 spiro atoms. The second-order valence-electron chi connectivity index (χ2n) is 4.37. The monoisotopic (exact) mass is 350 g/mol. The van der Waals surface area contributed by atoms with Gasteiger partial charge in [-0.25, -0.2) is 5.01 Å².